The van der Waals surface area contributed by atoms with Crippen LogP contribution < -0.4 is 16.2 Å². The number of halogens is 4. The zero-order valence-corrected chi connectivity index (χ0v) is 22.4. The van der Waals surface area contributed by atoms with Crippen LogP contribution in [0, 0.1) is 12.3 Å². The molecule has 0 saturated heterocycles. The molecule has 0 aliphatic carbocycles. The van der Waals surface area contributed by atoms with E-state index in [-0.39, 0.29) is 23.6 Å². The molecule has 0 fully saturated rings. The lowest BCUT2D eigenvalue weighted by Crippen LogP contribution is -2.42. The van der Waals surface area contributed by atoms with E-state index >= 15 is 0 Å². The van der Waals surface area contributed by atoms with Gasteiger partial charge in [0.2, 0.25) is 0 Å². The highest BCUT2D eigenvalue weighted by atomic mass is 79.9. The van der Waals surface area contributed by atoms with Crippen LogP contribution in [-0.2, 0) is 4.74 Å². The van der Waals surface area contributed by atoms with Crippen LogP contribution in [-0.4, -0.2) is 34.1 Å². The first kappa shape index (κ1) is 25.8. The number of rotatable bonds is 5. The van der Waals surface area contributed by atoms with E-state index in [1.165, 1.54) is 10.6 Å². The first-order chi connectivity index (χ1) is 16.2. The van der Waals surface area contributed by atoms with E-state index in [0.717, 1.165) is 0 Å². The molecule has 0 spiro atoms. The highest BCUT2D eigenvalue weighted by molar-refractivity contribution is 9.11. The molecular formula is C21H13Br3ClN5O4. The smallest absolute Gasteiger partial charge is 0.427 e. The monoisotopic (exact) mass is 671 g/mol. The molecule has 0 saturated carbocycles. The number of ether oxygens (including phenoxy) is 1. The number of terminal acetylenes is 1. The summed E-state index contributed by atoms with van der Waals surface area (Å²) in [5, 5.41) is 3.06. The van der Waals surface area contributed by atoms with Gasteiger partial charge in [-0.15, -0.1) is 6.42 Å². The first-order valence-electron chi connectivity index (χ1n) is 9.17. The highest BCUT2D eigenvalue weighted by Crippen LogP contribution is 2.32. The van der Waals surface area contributed by atoms with Gasteiger partial charge in [-0.05, 0) is 62.2 Å². The van der Waals surface area contributed by atoms with Gasteiger partial charge in [0.05, 0.1) is 16.3 Å². The largest absolute Gasteiger partial charge is 0.435 e. The molecule has 0 unspecified atom stereocenters. The normalized spacial score (nSPS) is 10.2. The number of aromatic nitrogens is 2. The molecule has 3 rings (SSSR count). The van der Waals surface area contributed by atoms with Crippen LogP contribution in [0.3, 0.4) is 0 Å². The minimum Gasteiger partial charge on any atom is -0.435 e. The second-order valence-corrected chi connectivity index (χ2v) is 9.44. The van der Waals surface area contributed by atoms with Crippen molar-refractivity contribution in [2.45, 2.75) is 0 Å². The van der Waals surface area contributed by atoms with Crippen molar-refractivity contribution in [3.05, 3.63) is 72.4 Å². The van der Waals surface area contributed by atoms with Gasteiger partial charge in [0.25, 0.3) is 11.8 Å². The number of amides is 3. The van der Waals surface area contributed by atoms with E-state index < -0.39 is 17.9 Å². The van der Waals surface area contributed by atoms with Crippen molar-refractivity contribution in [3.63, 3.8) is 0 Å². The maximum atomic E-state index is 13.2. The third kappa shape index (κ3) is 6.18. The zero-order chi connectivity index (χ0) is 24.8. The summed E-state index contributed by atoms with van der Waals surface area (Å²) in [5.74, 6) is 1.20. The van der Waals surface area contributed by atoms with Crippen LogP contribution in [0.15, 0.2) is 56.1 Å². The van der Waals surface area contributed by atoms with Crippen LogP contribution in [0.4, 0.5) is 10.5 Å². The predicted molar refractivity (Wildman–Crippen MR) is 137 cm³/mol. The standard InChI is InChI=1S/C21H13Br3ClN5O4/c1-2-6-34-21(33)29-28-19(31)13-7-11(22)8-14(24)17(13)27-20(32)16-9-12(23)10-30(16)18-15(25)4-3-5-26-18/h1,3-5,7-10H,6H2,(H,27,32)(H,28,31)(H,29,33). The second kappa shape index (κ2) is 11.5. The summed E-state index contributed by atoms with van der Waals surface area (Å²) >= 11 is 16.3. The predicted octanol–water partition coefficient (Wildman–Crippen LogP) is 5.07. The van der Waals surface area contributed by atoms with E-state index in [0.29, 0.717) is 24.3 Å². The highest BCUT2D eigenvalue weighted by Gasteiger charge is 2.22. The molecule has 3 amide bonds. The summed E-state index contributed by atoms with van der Waals surface area (Å²) in [5.41, 5.74) is 4.67. The summed E-state index contributed by atoms with van der Waals surface area (Å²) < 4.78 is 7.71. The number of hydrogen-bond acceptors (Lipinski definition) is 5. The quantitative estimate of drug-likeness (QED) is 0.259. The topological polar surface area (TPSA) is 114 Å². The molecule has 1 aromatic carbocycles. The number of nitrogens with zero attached hydrogens (tertiary/aromatic N) is 2. The SMILES string of the molecule is C#CCOC(=O)NNC(=O)c1cc(Br)cc(Br)c1NC(=O)c1cc(Br)cn1-c1ncccc1Cl. The van der Waals surface area contributed by atoms with Crippen LogP contribution in [0.25, 0.3) is 5.82 Å². The van der Waals surface area contributed by atoms with Crippen LogP contribution in [0.5, 0.6) is 0 Å². The van der Waals surface area contributed by atoms with E-state index in [4.69, 9.17) is 18.0 Å². The van der Waals surface area contributed by atoms with Gasteiger partial charge in [0, 0.05) is 25.8 Å². The Morgan fingerprint density at radius 3 is 2.59 bits per heavy atom. The summed E-state index contributed by atoms with van der Waals surface area (Å²) in [6.07, 6.45) is 7.26. The molecule has 0 aliphatic rings. The Kier molecular flexibility index (Phi) is 8.73. The summed E-state index contributed by atoms with van der Waals surface area (Å²) in [6, 6.07) is 8.01. The van der Waals surface area contributed by atoms with Crippen molar-refractivity contribution in [2.24, 2.45) is 0 Å². The number of nitrogens with one attached hydrogen (secondary N) is 3. The van der Waals surface area contributed by atoms with Gasteiger partial charge in [-0.25, -0.2) is 15.2 Å². The third-order valence-electron chi connectivity index (χ3n) is 4.09. The summed E-state index contributed by atoms with van der Waals surface area (Å²) in [6.45, 7) is -0.263. The van der Waals surface area contributed by atoms with Gasteiger partial charge in [-0.1, -0.05) is 33.5 Å². The van der Waals surface area contributed by atoms with Gasteiger partial charge in [0.1, 0.15) is 5.69 Å². The maximum absolute atomic E-state index is 13.2. The van der Waals surface area contributed by atoms with Gasteiger partial charge < -0.3 is 10.1 Å². The molecule has 0 radical (unpaired) electrons. The fraction of sp³-hybridized carbons (Fsp3) is 0.0476. The fourth-order valence-corrected chi connectivity index (χ4v) is 4.67. The van der Waals surface area contributed by atoms with Crippen LogP contribution in [0.2, 0.25) is 5.02 Å². The van der Waals surface area contributed by atoms with Crippen molar-refractivity contribution in [3.8, 4) is 18.2 Å². The number of pyridine rings is 1. The van der Waals surface area contributed by atoms with Gasteiger partial charge in [0.15, 0.2) is 12.4 Å². The molecule has 0 aliphatic heterocycles. The molecule has 2 aromatic heterocycles. The Hall–Kier alpha value is -2.85. The zero-order valence-electron chi connectivity index (χ0n) is 16.9. The minimum atomic E-state index is -0.944. The molecular weight excluding hydrogens is 661 g/mol. The van der Waals surface area contributed by atoms with Crippen molar-refractivity contribution in [1.29, 1.82) is 0 Å². The van der Waals surface area contributed by atoms with E-state index in [1.54, 1.807) is 36.7 Å². The fourth-order valence-electron chi connectivity index (χ4n) is 2.71. The molecule has 0 bridgehead atoms. The molecule has 2 heterocycles. The molecule has 0 atom stereocenters. The Morgan fingerprint density at radius 2 is 1.88 bits per heavy atom. The van der Waals surface area contributed by atoms with Crippen molar-refractivity contribution < 1.29 is 19.1 Å². The van der Waals surface area contributed by atoms with Gasteiger partial charge >= 0.3 is 6.09 Å². The first-order valence-corrected chi connectivity index (χ1v) is 11.9. The molecule has 9 nitrogen and oxygen atoms in total. The summed E-state index contributed by atoms with van der Waals surface area (Å²) in [4.78, 5) is 41.8. The lowest BCUT2D eigenvalue weighted by atomic mass is 10.1. The molecule has 174 valence electrons. The minimum absolute atomic E-state index is 0.0416. The number of hydrazine groups is 1. The maximum Gasteiger partial charge on any atom is 0.427 e. The average molecular weight is 675 g/mol. The number of benzene rings is 1. The van der Waals surface area contributed by atoms with Gasteiger partial charge in [-0.3, -0.25) is 19.6 Å². The second-order valence-electron chi connectivity index (χ2n) is 6.35. The Bertz CT molecular complexity index is 1320. The lowest BCUT2D eigenvalue weighted by molar-refractivity contribution is 0.0917. The van der Waals surface area contributed by atoms with Crippen LogP contribution >= 0.6 is 59.4 Å². The number of carbonyl (C=O) groups excluding carboxylic acids is 3. The lowest BCUT2D eigenvalue weighted by Gasteiger charge is -2.15. The van der Waals surface area contributed by atoms with Crippen molar-refractivity contribution >= 4 is 83.0 Å². The third-order valence-corrected chi connectivity index (χ3v) is 5.90. The van der Waals surface area contributed by atoms with Crippen LogP contribution in [0.1, 0.15) is 20.8 Å². The van der Waals surface area contributed by atoms with Gasteiger partial charge in [-0.2, -0.15) is 0 Å². The average Bonchev–Trinajstić information content (AvgIpc) is 3.19. The molecule has 3 aromatic rings. The van der Waals surface area contributed by atoms with E-state index in [9.17, 15) is 14.4 Å². The van der Waals surface area contributed by atoms with Crippen molar-refractivity contribution in [1.82, 2.24) is 20.4 Å². The molecule has 13 heteroatoms. The summed E-state index contributed by atoms with van der Waals surface area (Å²) in [7, 11) is 0. The van der Waals surface area contributed by atoms with E-state index in [2.05, 4.69) is 79.6 Å². The van der Waals surface area contributed by atoms with Crippen molar-refractivity contribution in [2.75, 3.05) is 11.9 Å². The Labute approximate surface area is 223 Å². The number of carbonyl (C=O) groups is 3. The Balaban J connectivity index is 1.90. The Morgan fingerprint density at radius 1 is 1.12 bits per heavy atom. The number of anilines is 1. The number of hydrogen-bond donors (Lipinski definition) is 3. The molecule has 34 heavy (non-hydrogen) atoms. The van der Waals surface area contributed by atoms with E-state index in [1.807, 2.05) is 0 Å². The molecule has 3 N–H and O–H groups in total.